The quantitative estimate of drug-likeness (QED) is 0.485. The van der Waals surface area contributed by atoms with E-state index in [1.807, 2.05) is 12.1 Å². The average molecular weight is 409 g/mol. The molecule has 4 rings (SSSR count). The number of thiazole rings is 1. The van der Waals surface area contributed by atoms with E-state index < -0.39 is 0 Å². The van der Waals surface area contributed by atoms with Gasteiger partial charge in [0.1, 0.15) is 27.9 Å². The van der Waals surface area contributed by atoms with Gasteiger partial charge in [-0.1, -0.05) is 23.7 Å². The van der Waals surface area contributed by atoms with Crippen LogP contribution in [0.2, 0.25) is 5.02 Å². The summed E-state index contributed by atoms with van der Waals surface area (Å²) in [5, 5.41) is 5.67. The molecule has 0 aliphatic heterocycles. The summed E-state index contributed by atoms with van der Waals surface area (Å²) in [5.41, 5.74) is 1.58. The molecule has 6 nitrogen and oxygen atoms in total. The Morgan fingerprint density at radius 2 is 1.89 bits per heavy atom. The van der Waals surface area contributed by atoms with Crippen molar-refractivity contribution in [3.63, 3.8) is 0 Å². The molecule has 0 aliphatic carbocycles. The highest BCUT2D eigenvalue weighted by Gasteiger charge is 2.13. The normalized spacial score (nSPS) is 10.5. The van der Waals surface area contributed by atoms with Gasteiger partial charge in [0, 0.05) is 23.5 Å². The van der Waals surface area contributed by atoms with E-state index in [0.717, 1.165) is 0 Å². The van der Waals surface area contributed by atoms with Gasteiger partial charge in [0.25, 0.3) is 5.91 Å². The molecule has 2 aromatic carbocycles. The molecule has 1 amide bonds. The van der Waals surface area contributed by atoms with Crippen LogP contribution in [0.25, 0.3) is 10.7 Å². The second-order valence-corrected chi connectivity index (χ2v) is 6.90. The summed E-state index contributed by atoms with van der Waals surface area (Å²) in [4.78, 5) is 24.9. The number of hydrogen-bond donors (Lipinski definition) is 1. The van der Waals surface area contributed by atoms with Gasteiger partial charge in [-0.25, -0.2) is 4.98 Å². The molecule has 2 aromatic heterocycles. The topological polar surface area (TPSA) is 77.0 Å². The number of carbonyl (C=O) groups is 1. The Labute approximate surface area is 169 Å². The van der Waals surface area contributed by atoms with E-state index in [1.165, 1.54) is 11.3 Å². The van der Waals surface area contributed by atoms with Gasteiger partial charge in [-0.15, -0.1) is 11.3 Å². The second kappa shape index (κ2) is 8.16. The Morgan fingerprint density at radius 1 is 1.07 bits per heavy atom. The molecule has 0 bridgehead atoms. The van der Waals surface area contributed by atoms with Crippen LogP contribution in [0.5, 0.6) is 11.5 Å². The molecule has 2 heterocycles. The van der Waals surface area contributed by atoms with Crippen LogP contribution in [0, 0.1) is 0 Å². The van der Waals surface area contributed by atoms with Crippen LogP contribution < -0.4 is 10.1 Å². The number of anilines is 1. The highest BCUT2D eigenvalue weighted by molar-refractivity contribution is 7.13. The fourth-order valence-corrected chi connectivity index (χ4v) is 3.30. The van der Waals surface area contributed by atoms with Gasteiger partial charge in [-0.05, 0) is 36.4 Å². The summed E-state index contributed by atoms with van der Waals surface area (Å²) in [7, 11) is 0. The van der Waals surface area contributed by atoms with E-state index in [1.54, 1.807) is 60.4 Å². The third-order valence-corrected chi connectivity index (χ3v) is 4.87. The minimum Gasteiger partial charge on any atom is -0.456 e. The molecule has 0 saturated carbocycles. The monoisotopic (exact) mass is 408 g/mol. The smallest absolute Gasteiger partial charge is 0.275 e. The number of halogens is 1. The lowest BCUT2D eigenvalue weighted by molar-refractivity contribution is 0.102. The number of ether oxygens (including phenoxy) is 1. The average Bonchev–Trinajstić information content (AvgIpc) is 3.22. The zero-order valence-corrected chi connectivity index (χ0v) is 15.9. The number of benzene rings is 2. The molecule has 0 spiro atoms. The molecule has 28 heavy (non-hydrogen) atoms. The highest BCUT2D eigenvalue weighted by Crippen LogP contribution is 2.29. The van der Waals surface area contributed by atoms with Crippen molar-refractivity contribution < 1.29 is 9.53 Å². The third kappa shape index (κ3) is 4.16. The Morgan fingerprint density at radius 3 is 2.64 bits per heavy atom. The summed E-state index contributed by atoms with van der Waals surface area (Å²) in [5.74, 6) is 0.885. The van der Waals surface area contributed by atoms with Gasteiger partial charge in [0.05, 0.1) is 11.2 Å². The van der Waals surface area contributed by atoms with E-state index in [0.29, 0.717) is 38.6 Å². The maximum atomic E-state index is 12.4. The van der Waals surface area contributed by atoms with Gasteiger partial charge >= 0.3 is 0 Å². The van der Waals surface area contributed by atoms with Crippen molar-refractivity contribution in [3.05, 3.63) is 83.2 Å². The number of carbonyl (C=O) groups excluding carboxylic acids is 1. The van der Waals surface area contributed by atoms with E-state index in [2.05, 4.69) is 20.3 Å². The lowest BCUT2D eigenvalue weighted by Gasteiger charge is -2.08. The molecule has 1 N–H and O–H groups in total. The van der Waals surface area contributed by atoms with Crippen molar-refractivity contribution in [1.29, 1.82) is 0 Å². The second-order valence-electron chi connectivity index (χ2n) is 5.64. The molecular weight excluding hydrogens is 396 g/mol. The van der Waals surface area contributed by atoms with Crippen LogP contribution in [0.4, 0.5) is 5.69 Å². The summed E-state index contributed by atoms with van der Waals surface area (Å²) in [6.07, 6.45) is 4.78. The van der Waals surface area contributed by atoms with Crippen molar-refractivity contribution >= 4 is 34.5 Å². The number of nitrogens with zero attached hydrogens (tertiary/aromatic N) is 3. The minimum atomic E-state index is -0.300. The Hall–Kier alpha value is -3.29. The highest BCUT2D eigenvalue weighted by atomic mass is 35.5. The first-order valence-electron chi connectivity index (χ1n) is 8.25. The first-order valence-corrected chi connectivity index (χ1v) is 9.50. The minimum absolute atomic E-state index is 0.300. The van der Waals surface area contributed by atoms with Crippen LogP contribution in [0.15, 0.2) is 72.5 Å². The first-order chi connectivity index (χ1) is 13.7. The molecule has 0 atom stereocenters. The largest absolute Gasteiger partial charge is 0.456 e. The van der Waals surface area contributed by atoms with Crippen LogP contribution >= 0.6 is 22.9 Å². The fraction of sp³-hybridized carbons (Fsp3) is 0. The van der Waals surface area contributed by atoms with Gasteiger partial charge in [0.15, 0.2) is 0 Å². The predicted molar refractivity (Wildman–Crippen MR) is 109 cm³/mol. The van der Waals surface area contributed by atoms with Crippen molar-refractivity contribution in [3.8, 4) is 22.2 Å². The maximum absolute atomic E-state index is 12.4. The summed E-state index contributed by atoms with van der Waals surface area (Å²) >= 11 is 7.43. The lowest BCUT2D eigenvalue weighted by atomic mass is 10.3. The molecule has 0 unspecified atom stereocenters. The van der Waals surface area contributed by atoms with Crippen molar-refractivity contribution in [2.75, 3.05) is 5.32 Å². The number of aromatic nitrogens is 3. The zero-order valence-electron chi connectivity index (χ0n) is 14.4. The maximum Gasteiger partial charge on any atom is 0.275 e. The number of hydrogen-bond acceptors (Lipinski definition) is 6. The van der Waals surface area contributed by atoms with Crippen LogP contribution in [0.3, 0.4) is 0 Å². The van der Waals surface area contributed by atoms with Crippen molar-refractivity contribution in [2.24, 2.45) is 0 Å². The SMILES string of the molecule is O=C(Nc1ccc(Oc2ccccc2Cl)cc1)c1csc(-c2cnccn2)n1. The van der Waals surface area contributed by atoms with Crippen LogP contribution in [-0.2, 0) is 0 Å². The van der Waals surface area contributed by atoms with E-state index in [-0.39, 0.29) is 5.91 Å². The van der Waals surface area contributed by atoms with Gasteiger partial charge in [-0.3, -0.25) is 14.8 Å². The number of para-hydroxylation sites is 1. The standard InChI is InChI=1S/C20H13ClN4O2S/c21-15-3-1-2-4-18(15)27-14-7-5-13(6-8-14)24-19(26)17-12-28-20(25-17)16-11-22-9-10-23-16/h1-12H,(H,24,26). The van der Waals surface area contributed by atoms with E-state index in [4.69, 9.17) is 16.3 Å². The number of rotatable bonds is 5. The van der Waals surface area contributed by atoms with E-state index in [9.17, 15) is 4.79 Å². The zero-order chi connectivity index (χ0) is 19.3. The van der Waals surface area contributed by atoms with E-state index >= 15 is 0 Å². The Balaban J connectivity index is 1.42. The summed E-state index contributed by atoms with van der Waals surface area (Å²) in [6.45, 7) is 0. The molecule has 138 valence electrons. The Kier molecular flexibility index (Phi) is 5.27. The predicted octanol–water partition coefficient (Wildman–Crippen LogP) is 5.30. The number of nitrogens with one attached hydrogen (secondary N) is 1. The van der Waals surface area contributed by atoms with Crippen LogP contribution in [-0.4, -0.2) is 20.9 Å². The molecular formula is C20H13ClN4O2S. The van der Waals surface area contributed by atoms with Gasteiger partial charge in [-0.2, -0.15) is 0 Å². The lowest BCUT2D eigenvalue weighted by Crippen LogP contribution is -2.12. The Bertz CT molecular complexity index is 1100. The van der Waals surface area contributed by atoms with Gasteiger partial charge < -0.3 is 10.1 Å². The van der Waals surface area contributed by atoms with Crippen molar-refractivity contribution in [1.82, 2.24) is 15.0 Å². The third-order valence-electron chi connectivity index (χ3n) is 3.70. The van der Waals surface area contributed by atoms with Crippen LogP contribution in [0.1, 0.15) is 10.5 Å². The molecule has 0 saturated heterocycles. The molecule has 0 aliphatic rings. The molecule has 4 aromatic rings. The van der Waals surface area contributed by atoms with Gasteiger partial charge in [0.2, 0.25) is 0 Å². The summed E-state index contributed by atoms with van der Waals surface area (Å²) < 4.78 is 5.74. The molecule has 0 radical (unpaired) electrons. The first kappa shape index (κ1) is 18.1. The number of amides is 1. The molecule has 8 heteroatoms. The summed E-state index contributed by atoms with van der Waals surface area (Å²) in [6, 6.07) is 14.2. The molecule has 0 fully saturated rings. The van der Waals surface area contributed by atoms with Crippen molar-refractivity contribution in [2.45, 2.75) is 0 Å². The fourth-order valence-electron chi connectivity index (χ4n) is 2.36.